The molecule has 0 aliphatic carbocycles. The fourth-order valence-electron chi connectivity index (χ4n) is 2.23. The van der Waals surface area contributed by atoms with E-state index in [2.05, 4.69) is 35.3 Å². The molecule has 0 aliphatic rings. The van der Waals surface area contributed by atoms with Crippen LogP contribution in [0.1, 0.15) is 20.3 Å². The number of aliphatic hydroxyl groups excluding tert-OH is 2. The van der Waals surface area contributed by atoms with Crippen LogP contribution in [0.5, 0.6) is 0 Å². The molecule has 0 radical (unpaired) electrons. The van der Waals surface area contributed by atoms with Crippen LogP contribution in [-0.4, -0.2) is 27.4 Å². The Hall–Kier alpha value is -1.28. The van der Waals surface area contributed by atoms with Gasteiger partial charge in [0.25, 0.3) is 0 Å². The Morgan fingerprint density at radius 2 is 1.64 bits per heavy atom. The summed E-state index contributed by atoms with van der Waals surface area (Å²) in [6.07, 6.45) is 1.54. The first kappa shape index (κ1) is 18.8. The van der Waals surface area contributed by atoms with E-state index in [1.165, 1.54) is 10.8 Å². The van der Waals surface area contributed by atoms with Crippen LogP contribution < -0.4 is 0 Å². The summed E-state index contributed by atoms with van der Waals surface area (Å²) in [4.78, 5) is 4.38. The zero-order chi connectivity index (χ0) is 15.2. The molecule has 4 heteroatoms. The first-order valence-corrected chi connectivity index (χ1v) is 7.08. The summed E-state index contributed by atoms with van der Waals surface area (Å²) >= 11 is 0. The number of hydrogen-bond acceptors (Lipinski definition) is 3. The van der Waals surface area contributed by atoms with Crippen LogP contribution in [0.25, 0.3) is 21.7 Å². The summed E-state index contributed by atoms with van der Waals surface area (Å²) in [5.41, 5.74) is 1.03. The summed E-state index contributed by atoms with van der Waals surface area (Å²) in [6.45, 7) is 3.32. The van der Waals surface area contributed by atoms with Gasteiger partial charge in [-0.05, 0) is 37.2 Å². The second-order valence-corrected chi connectivity index (χ2v) is 5.21. The minimum absolute atomic E-state index is 0. The summed E-state index contributed by atoms with van der Waals surface area (Å²) in [5, 5.41) is 20.6. The monoisotopic (exact) mass is 477 g/mol. The Labute approximate surface area is 145 Å². The number of benzene rings is 2. The molecule has 3 aromatic rings. The summed E-state index contributed by atoms with van der Waals surface area (Å²) < 4.78 is 0. The van der Waals surface area contributed by atoms with E-state index in [1.807, 2.05) is 24.4 Å². The molecule has 1 heterocycles. The largest absolute Gasteiger partial charge is 0.393 e. The average molecular weight is 477 g/mol. The van der Waals surface area contributed by atoms with Crippen LogP contribution in [0, 0.1) is 6.07 Å². The van der Waals surface area contributed by atoms with Gasteiger partial charge in [0.1, 0.15) is 0 Å². The van der Waals surface area contributed by atoms with Crippen molar-refractivity contribution in [3.05, 3.63) is 54.7 Å². The van der Waals surface area contributed by atoms with E-state index in [0.717, 1.165) is 10.9 Å². The van der Waals surface area contributed by atoms with E-state index in [1.54, 1.807) is 13.8 Å². The quantitative estimate of drug-likeness (QED) is 0.440. The average Bonchev–Trinajstić information content (AvgIpc) is 2.46. The maximum absolute atomic E-state index is 8.56. The number of aromatic nitrogens is 1. The first-order valence-electron chi connectivity index (χ1n) is 7.08. The molecule has 0 saturated heterocycles. The van der Waals surface area contributed by atoms with Crippen LogP contribution in [0.4, 0.5) is 0 Å². The molecule has 3 nitrogen and oxygen atoms in total. The van der Waals surface area contributed by atoms with Crippen molar-refractivity contribution in [1.29, 1.82) is 0 Å². The predicted octanol–water partition coefficient (Wildman–Crippen LogP) is 3.32. The molecule has 0 aliphatic heterocycles. The topological polar surface area (TPSA) is 53.4 Å². The van der Waals surface area contributed by atoms with Gasteiger partial charge in [-0.3, -0.25) is 0 Å². The molecule has 0 saturated carbocycles. The first-order chi connectivity index (χ1) is 10.1. The summed E-state index contributed by atoms with van der Waals surface area (Å²) in [5.74, 6) is 0. The van der Waals surface area contributed by atoms with Crippen molar-refractivity contribution in [2.45, 2.75) is 32.5 Å². The number of fused-ring (bicyclic) bond motifs is 3. The van der Waals surface area contributed by atoms with Gasteiger partial charge in [0.15, 0.2) is 0 Å². The standard InChI is InChI=1S/C13H8N.C5H12O2.Pt/c1-2-6-12-10(4-1)7-8-11-5-3-9-14-13(11)12;1-4(6)3-5(2)7;/h1-5,7-9H;4-7H,3H2,1-2H3;/q-1;;. The third-order valence-corrected chi connectivity index (χ3v) is 3.09. The normalized spacial score (nSPS) is 12.9. The van der Waals surface area contributed by atoms with E-state index in [0.29, 0.717) is 6.42 Å². The van der Waals surface area contributed by atoms with E-state index in [-0.39, 0.29) is 33.3 Å². The van der Waals surface area contributed by atoms with E-state index < -0.39 is 0 Å². The molecular formula is C18H20NO2Pt-. The van der Waals surface area contributed by atoms with E-state index in [4.69, 9.17) is 10.2 Å². The summed E-state index contributed by atoms with van der Waals surface area (Å²) in [6, 6.07) is 17.5. The third-order valence-electron chi connectivity index (χ3n) is 3.09. The van der Waals surface area contributed by atoms with Gasteiger partial charge in [0.05, 0.1) is 12.2 Å². The molecule has 120 valence electrons. The molecule has 0 bridgehead atoms. The van der Waals surface area contributed by atoms with Crippen molar-refractivity contribution in [3.8, 4) is 0 Å². The van der Waals surface area contributed by atoms with Crippen LogP contribution in [-0.2, 0) is 21.1 Å². The molecule has 0 fully saturated rings. The van der Waals surface area contributed by atoms with Gasteiger partial charge in [0.2, 0.25) is 0 Å². The number of pyridine rings is 1. The molecule has 22 heavy (non-hydrogen) atoms. The maximum Gasteiger partial charge on any atom is 0.0536 e. The van der Waals surface area contributed by atoms with Gasteiger partial charge in [-0.1, -0.05) is 18.2 Å². The molecule has 2 unspecified atom stereocenters. The van der Waals surface area contributed by atoms with Crippen LogP contribution in [0.2, 0.25) is 0 Å². The molecule has 3 rings (SSSR count). The maximum atomic E-state index is 8.56. The van der Waals surface area contributed by atoms with Crippen molar-refractivity contribution >= 4 is 21.7 Å². The molecule has 2 atom stereocenters. The predicted molar refractivity (Wildman–Crippen MR) is 86.1 cm³/mol. The van der Waals surface area contributed by atoms with Crippen LogP contribution in [0.15, 0.2) is 48.7 Å². The SMILES string of the molecule is CC(O)CC(C)O.[Pt].[c-]1cccc2ccc3cccnc3c12. The number of nitrogens with zero attached hydrogens (tertiary/aromatic N) is 1. The van der Waals surface area contributed by atoms with Gasteiger partial charge < -0.3 is 15.2 Å². The van der Waals surface area contributed by atoms with Crippen LogP contribution in [0.3, 0.4) is 0 Å². The molecule has 2 aromatic carbocycles. The van der Waals surface area contributed by atoms with Crippen LogP contribution >= 0.6 is 0 Å². The van der Waals surface area contributed by atoms with Gasteiger partial charge in [0, 0.05) is 27.3 Å². The van der Waals surface area contributed by atoms with Gasteiger partial charge in [-0.2, -0.15) is 0 Å². The Morgan fingerprint density at radius 1 is 1.00 bits per heavy atom. The van der Waals surface area contributed by atoms with Crippen molar-refractivity contribution in [2.75, 3.05) is 0 Å². The van der Waals surface area contributed by atoms with Gasteiger partial charge >= 0.3 is 0 Å². The Bertz CT molecular complexity index is 653. The Morgan fingerprint density at radius 3 is 2.27 bits per heavy atom. The van der Waals surface area contributed by atoms with Gasteiger partial charge in [-0.15, -0.1) is 35.0 Å². The molecular weight excluding hydrogens is 457 g/mol. The zero-order valence-electron chi connectivity index (χ0n) is 12.6. The number of aliphatic hydroxyl groups is 2. The van der Waals surface area contributed by atoms with Crippen molar-refractivity contribution < 1.29 is 31.3 Å². The fraction of sp³-hybridized carbons (Fsp3) is 0.278. The third kappa shape index (κ3) is 5.17. The molecule has 0 amide bonds. The second kappa shape index (κ2) is 8.99. The van der Waals surface area contributed by atoms with Crippen molar-refractivity contribution in [1.82, 2.24) is 4.98 Å². The van der Waals surface area contributed by atoms with Crippen molar-refractivity contribution in [3.63, 3.8) is 0 Å². The minimum atomic E-state index is -0.375. The zero-order valence-corrected chi connectivity index (χ0v) is 14.9. The number of hydrogen-bond donors (Lipinski definition) is 2. The molecule has 1 aromatic heterocycles. The van der Waals surface area contributed by atoms with E-state index in [9.17, 15) is 0 Å². The second-order valence-electron chi connectivity index (χ2n) is 5.21. The smallest absolute Gasteiger partial charge is 0.0536 e. The Kier molecular flexibility index (Phi) is 7.67. The summed E-state index contributed by atoms with van der Waals surface area (Å²) in [7, 11) is 0. The number of rotatable bonds is 2. The molecule has 0 spiro atoms. The molecule has 2 N–H and O–H groups in total. The minimum Gasteiger partial charge on any atom is -0.393 e. The Balaban J connectivity index is 0.000000264. The van der Waals surface area contributed by atoms with Crippen molar-refractivity contribution in [2.24, 2.45) is 0 Å². The van der Waals surface area contributed by atoms with Gasteiger partial charge in [-0.25, -0.2) is 0 Å². The fourth-order valence-corrected chi connectivity index (χ4v) is 2.23. The van der Waals surface area contributed by atoms with E-state index >= 15 is 0 Å².